The number of aryl methyl sites for hydroxylation is 2. The van der Waals surface area contributed by atoms with E-state index in [4.69, 9.17) is 0 Å². The summed E-state index contributed by atoms with van der Waals surface area (Å²) < 4.78 is 1.86. The number of aromatic nitrogens is 2. The van der Waals surface area contributed by atoms with Crippen LogP contribution in [0.2, 0.25) is 0 Å². The zero-order valence-corrected chi connectivity index (χ0v) is 10.4. The molecule has 0 fully saturated rings. The normalized spacial score (nSPS) is 11.0. The maximum atomic E-state index is 9.50. The van der Waals surface area contributed by atoms with Crippen LogP contribution in [0.4, 0.5) is 0 Å². The Balaban J connectivity index is 2.32. The molecule has 0 spiro atoms. The molecule has 1 heterocycles. The summed E-state index contributed by atoms with van der Waals surface area (Å²) in [6.45, 7) is 2.08. The Morgan fingerprint density at radius 2 is 1.94 bits per heavy atom. The number of fused-ring (bicyclic) bond motifs is 1. The summed E-state index contributed by atoms with van der Waals surface area (Å²) in [5.41, 5.74) is 4.26. The summed E-state index contributed by atoms with van der Waals surface area (Å²) in [4.78, 5) is 0. The van der Waals surface area contributed by atoms with E-state index < -0.39 is 0 Å². The second-order valence-electron chi connectivity index (χ2n) is 4.54. The molecule has 0 aliphatic rings. The van der Waals surface area contributed by atoms with Crippen LogP contribution in [0.1, 0.15) is 5.56 Å². The molecule has 3 nitrogen and oxygen atoms in total. The third-order valence-corrected chi connectivity index (χ3v) is 3.11. The van der Waals surface area contributed by atoms with Gasteiger partial charge in [0, 0.05) is 24.1 Å². The third kappa shape index (κ3) is 1.64. The highest BCUT2D eigenvalue weighted by molar-refractivity contribution is 5.94. The second kappa shape index (κ2) is 3.88. The minimum atomic E-state index is 0.247. The number of hydrogen-bond acceptors (Lipinski definition) is 2. The van der Waals surface area contributed by atoms with Crippen molar-refractivity contribution in [2.45, 2.75) is 6.92 Å². The number of phenolic OH excluding ortho intramolecular Hbond substituents is 1. The molecule has 3 heteroatoms. The quantitative estimate of drug-likeness (QED) is 0.706. The maximum Gasteiger partial charge on any atom is 0.117 e. The highest BCUT2D eigenvalue weighted by Gasteiger charge is 2.11. The number of nitrogens with zero attached hydrogens (tertiary/aromatic N) is 2. The van der Waals surface area contributed by atoms with Gasteiger partial charge in [0.25, 0.3) is 0 Å². The van der Waals surface area contributed by atoms with Crippen molar-refractivity contribution >= 4 is 10.9 Å². The highest BCUT2D eigenvalue weighted by Crippen LogP contribution is 2.30. The van der Waals surface area contributed by atoms with Gasteiger partial charge in [-0.2, -0.15) is 5.10 Å². The van der Waals surface area contributed by atoms with E-state index >= 15 is 0 Å². The van der Waals surface area contributed by atoms with Gasteiger partial charge < -0.3 is 5.11 Å². The molecule has 0 radical (unpaired) electrons. The first-order valence-electron chi connectivity index (χ1n) is 5.88. The summed E-state index contributed by atoms with van der Waals surface area (Å²) in [5, 5.41) is 15.0. The molecule has 0 saturated carbocycles. The van der Waals surface area contributed by atoms with Crippen LogP contribution < -0.4 is 0 Å². The Morgan fingerprint density at radius 3 is 2.72 bits per heavy atom. The first-order chi connectivity index (χ1) is 8.65. The minimum absolute atomic E-state index is 0.247. The number of hydrogen-bond donors (Lipinski definition) is 1. The van der Waals surface area contributed by atoms with Gasteiger partial charge in [0.1, 0.15) is 5.75 Å². The number of rotatable bonds is 1. The zero-order valence-electron chi connectivity index (χ0n) is 10.4. The van der Waals surface area contributed by atoms with E-state index in [2.05, 4.69) is 30.2 Å². The van der Waals surface area contributed by atoms with Crippen LogP contribution in [0.3, 0.4) is 0 Å². The Hall–Kier alpha value is -2.29. The average molecular weight is 238 g/mol. The van der Waals surface area contributed by atoms with Crippen molar-refractivity contribution in [1.82, 2.24) is 9.78 Å². The van der Waals surface area contributed by atoms with Crippen molar-refractivity contribution in [3.63, 3.8) is 0 Å². The van der Waals surface area contributed by atoms with E-state index in [9.17, 15) is 5.11 Å². The van der Waals surface area contributed by atoms with E-state index in [0.717, 1.165) is 22.2 Å². The SMILES string of the molecule is Cc1cccc(-c2c3ccc(O)cc3nn2C)c1. The molecule has 3 rings (SSSR count). The maximum absolute atomic E-state index is 9.50. The molecular formula is C15H14N2O. The van der Waals surface area contributed by atoms with E-state index in [0.29, 0.717) is 0 Å². The van der Waals surface area contributed by atoms with Gasteiger partial charge in [-0.15, -0.1) is 0 Å². The Bertz CT molecular complexity index is 728. The molecule has 1 aromatic heterocycles. The van der Waals surface area contributed by atoms with Crippen LogP contribution in [0.15, 0.2) is 42.5 Å². The lowest BCUT2D eigenvalue weighted by atomic mass is 10.1. The lowest BCUT2D eigenvalue weighted by Crippen LogP contribution is -1.93. The predicted octanol–water partition coefficient (Wildman–Crippen LogP) is 3.25. The van der Waals surface area contributed by atoms with Crippen LogP contribution in [0.25, 0.3) is 22.2 Å². The van der Waals surface area contributed by atoms with Gasteiger partial charge >= 0.3 is 0 Å². The van der Waals surface area contributed by atoms with Crippen molar-refractivity contribution in [3.8, 4) is 17.0 Å². The van der Waals surface area contributed by atoms with E-state index in [1.165, 1.54) is 5.56 Å². The zero-order chi connectivity index (χ0) is 12.7. The molecule has 0 bridgehead atoms. The largest absolute Gasteiger partial charge is 0.508 e. The molecule has 2 aromatic carbocycles. The van der Waals surface area contributed by atoms with Crippen molar-refractivity contribution in [3.05, 3.63) is 48.0 Å². The molecule has 90 valence electrons. The molecule has 0 unspecified atom stereocenters. The third-order valence-electron chi connectivity index (χ3n) is 3.11. The van der Waals surface area contributed by atoms with Crippen molar-refractivity contribution in [2.75, 3.05) is 0 Å². The molecule has 1 N–H and O–H groups in total. The average Bonchev–Trinajstić information content (AvgIpc) is 2.64. The minimum Gasteiger partial charge on any atom is -0.508 e. The fraction of sp³-hybridized carbons (Fsp3) is 0.133. The summed E-state index contributed by atoms with van der Waals surface area (Å²) in [6, 6.07) is 13.6. The van der Waals surface area contributed by atoms with Gasteiger partial charge in [0.15, 0.2) is 0 Å². The Morgan fingerprint density at radius 1 is 1.11 bits per heavy atom. The Kier molecular flexibility index (Phi) is 2.33. The number of phenols is 1. The van der Waals surface area contributed by atoms with Gasteiger partial charge in [-0.1, -0.05) is 23.8 Å². The molecule has 0 atom stereocenters. The fourth-order valence-corrected chi connectivity index (χ4v) is 2.32. The summed E-state index contributed by atoms with van der Waals surface area (Å²) in [7, 11) is 1.93. The monoisotopic (exact) mass is 238 g/mol. The first-order valence-corrected chi connectivity index (χ1v) is 5.88. The van der Waals surface area contributed by atoms with Crippen molar-refractivity contribution in [1.29, 1.82) is 0 Å². The van der Waals surface area contributed by atoms with E-state index in [1.54, 1.807) is 12.1 Å². The smallest absolute Gasteiger partial charge is 0.117 e. The number of aromatic hydroxyl groups is 1. The fourth-order valence-electron chi connectivity index (χ4n) is 2.32. The van der Waals surface area contributed by atoms with Gasteiger partial charge in [-0.3, -0.25) is 4.68 Å². The molecule has 18 heavy (non-hydrogen) atoms. The second-order valence-corrected chi connectivity index (χ2v) is 4.54. The Labute approximate surface area is 105 Å². The summed E-state index contributed by atoms with van der Waals surface area (Å²) >= 11 is 0. The molecular weight excluding hydrogens is 224 g/mol. The molecule has 3 aromatic rings. The van der Waals surface area contributed by atoms with Gasteiger partial charge in [-0.05, 0) is 25.1 Å². The van der Waals surface area contributed by atoms with Gasteiger partial charge in [-0.25, -0.2) is 0 Å². The lowest BCUT2D eigenvalue weighted by Gasteiger charge is -2.04. The summed E-state index contributed by atoms with van der Waals surface area (Å²) in [6.07, 6.45) is 0. The van der Waals surface area contributed by atoms with Crippen LogP contribution >= 0.6 is 0 Å². The van der Waals surface area contributed by atoms with Crippen LogP contribution in [0.5, 0.6) is 5.75 Å². The van der Waals surface area contributed by atoms with E-state index in [-0.39, 0.29) is 5.75 Å². The molecule has 0 aliphatic carbocycles. The van der Waals surface area contributed by atoms with Crippen LogP contribution in [-0.2, 0) is 7.05 Å². The molecule has 0 aliphatic heterocycles. The number of benzene rings is 2. The standard InChI is InChI=1S/C15H14N2O/c1-10-4-3-5-11(8-10)15-13-7-6-12(18)9-14(13)16-17(15)2/h3-9,18H,1-2H3. The van der Waals surface area contributed by atoms with E-state index in [1.807, 2.05) is 23.9 Å². The summed E-state index contributed by atoms with van der Waals surface area (Å²) in [5.74, 6) is 0.247. The van der Waals surface area contributed by atoms with Crippen molar-refractivity contribution in [2.24, 2.45) is 7.05 Å². The topological polar surface area (TPSA) is 38.1 Å². The van der Waals surface area contributed by atoms with Crippen LogP contribution in [-0.4, -0.2) is 14.9 Å². The lowest BCUT2D eigenvalue weighted by molar-refractivity contribution is 0.476. The van der Waals surface area contributed by atoms with Gasteiger partial charge in [0.2, 0.25) is 0 Å². The van der Waals surface area contributed by atoms with Crippen molar-refractivity contribution < 1.29 is 5.11 Å². The first kappa shape index (κ1) is 10.8. The molecule has 0 saturated heterocycles. The highest BCUT2D eigenvalue weighted by atomic mass is 16.3. The predicted molar refractivity (Wildman–Crippen MR) is 72.6 cm³/mol. The molecule has 0 amide bonds. The van der Waals surface area contributed by atoms with Crippen LogP contribution in [0, 0.1) is 6.92 Å². The van der Waals surface area contributed by atoms with Gasteiger partial charge in [0.05, 0.1) is 11.2 Å².